The number of nitrogens with zero attached hydrogens (tertiary/aromatic N) is 2. The van der Waals surface area contributed by atoms with Gasteiger partial charge < -0.3 is 9.64 Å². The lowest BCUT2D eigenvalue weighted by Gasteiger charge is -2.24. The molecule has 1 N–H and O–H groups in total. The van der Waals surface area contributed by atoms with Crippen molar-refractivity contribution in [3.8, 4) is 5.75 Å². The van der Waals surface area contributed by atoms with Crippen molar-refractivity contribution in [1.29, 1.82) is 0 Å². The van der Waals surface area contributed by atoms with Crippen molar-refractivity contribution in [2.45, 2.75) is 37.6 Å². The second kappa shape index (κ2) is 5.72. The quantitative estimate of drug-likeness (QED) is 0.942. The van der Waals surface area contributed by atoms with Crippen LogP contribution in [0.3, 0.4) is 0 Å². The van der Waals surface area contributed by atoms with E-state index in [1.54, 1.807) is 7.11 Å². The van der Waals surface area contributed by atoms with Crippen LogP contribution in [0.15, 0.2) is 30.3 Å². The fraction of sp³-hybridized carbons (Fsp3) is 0.444. The van der Waals surface area contributed by atoms with E-state index in [0.29, 0.717) is 11.6 Å². The topological polar surface area (TPSA) is 58.2 Å². The highest BCUT2D eigenvalue weighted by Gasteiger charge is 2.33. The van der Waals surface area contributed by atoms with Crippen molar-refractivity contribution in [3.05, 3.63) is 47.3 Å². The molecule has 23 heavy (non-hydrogen) atoms. The lowest BCUT2D eigenvalue weighted by atomic mass is 10.0. The Bertz CT molecular complexity index is 703. The van der Waals surface area contributed by atoms with E-state index in [2.05, 4.69) is 22.3 Å². The van der Waals surface area contributed by atoms with Gasteiger partial charge in [0, 0.05) is 18.2 Å². The highest BCUT2D eigenvalue weighted by molar-refractivity contribution is 5.93. The van der Waals surface area contributed by atoms with Gasteiger partial charge in [0.05, 0.1) is 13.2 Å². The maximum absolute atomic E-state index is 12.8. The molecule has 0 spiro atoms. The lowest BCUT2D eigenvalue weighted by molar-refractivity contribution is 0.0729. The number of benzene rings is 1. The Kier molecular flexibility index (Phi) is 3.56. The smallest absolute Gasteiger partial charge is 0.274 e. The first-order valence-electron chi connectivity index (χ1n) is 8.26. The Morgan fingerprint density at radius 1 is 1.26 bits per heavy atom. The zero-order valence-corrected chi connectivity index (χ0v) is 13.3. The molecule has 1 aromatic carbocycles. The predicted octanol–water partition coefficient (Wildman–Crippen LogP) is 3.27. The van der Waals surface area contributed by atoms with Crippen LogP contribution in [-0.4, -0.2) is 34.7 Å². The molecule has 0 bridgehead atoms. The number of ether oxygens (including phenoxy) is 1. The Hall–Kier alpha value is -2.30. The summed E-state index contributed by atoms with van der Waals surface area (Å²) < 4.78 is 5.21. The van der Waals surface area contributed by atoms with Gasteiger partial charge in [-0.3, -0.25) is 9.89 Å². The first-order valence-corrected chi connectivity index (χ1v) is 8.26. The molecule has 1 saturated heterocycles. The lowest BCUT2D eigenvalue weighted by Crippen LogP contribution is -2.30. The summed E-state index contributed by atoms with van der Waals surface area (Å²) in [6, 6.07) is 10.1. The Morgan fingerprint density at radius 2 is 2.04 bits per heavy atom. The average Bonchev–Trinajstić information content (AvgIpc) is 3.14. The van der Waals surface area contributed by atoms with Gasteiger partial charge in [0.1, 0.15) is 11.4 Å². The monoisotopic (exact) mass is 311 g/mol. The van der Waals surface area contributed by atoms with Crippen LogP contribution in [0, 0.1) is 0 Å². The second-order valence-corrected chi connectivity index (χ2v) is 6.41. The van der Waals surface area contributed by atoms with E-state index in [-0.39, 0.29) is 11.9 Å². The summed E-state index contributed by atoms with van der Waals surface area (Å²) in [6.45, 7) is 0.793. The zero-order valence-electron chi connectivity index (χ0n) is 13.3. The number of hydrogen-bond donors (Lipinski definition) is 1. The molecule has 5 heteroatoms. The van der Waals surface area contributed by atoms with E-state index >= 15 is 0 Å². The molecular weight excluding hydrogens is 290 g/mol. The molecule has 1 atom stereocenters. The molecule has 0 unspecified atom stereocenters. The molecule has 1 saturated carbocycles. The fourth-order valence-corrected chi connectivity index (χ4v) is 3.38. The fourth-order valence-electron chi connectivity index (χ4n) is 3.38. The van der Waals surface area contributed by atoms with E-state index in [0.717, 1.165) is 36.4 Å². The number of aromatic nitrogens is 2. The van der Waals surface area contributed by atoms with Gasteiger partial charge in [0.15, 0.2) is 0 Å². The number of aromatic amines is 1. The van der Waals surface area contributed by atoms with E-state index in [9.17, 15) is 4.79 Å². The molecule has 2 fully saturated rings. The number of likely N-dealkylation sites (tertiary alicyclic amines) is 1. The number of nitrogens with one attached hydrogen (secondary N) is 1. The van der Waals surface area contributed by atoms with Crippen molar-refractivity contribution < 1.29 is 9.53 Å². The van der Waals surface area contributed by atoms with Gasteiger partial charge >= 0.3 is 0 Å². The molecule has 5 nitrogen and oxygen atoms in total. The summed E-state index contributed by atoms with van der Waals surface area (Å²) in [5.74, 6) is 1.46. The highest BCUT2D eigenvalue weighted by Crippen LogP contribution is 2.39. The molecule has 4 rings (SSSR count). The largest absolute Gasteiger partial charge is 0.497 e. The van der Waals surface area contributed by atoms with Crippen molar-refractivity contribution in [3.63, 3.8) is 0 Å². The Balaban J connectivity index is 1.54. The maximum Gasteiger partial charge on any atom is 0.274 e. The summed E-state index contributed by atoms with van der Waals surface area (Å²) in [7, 11) is 1.66. The molecule has 1 aliphatic heterocycles. The van der Waals surface area contributed by atoms with Crippen LogP contribution in [0.4, 0.5) is 0 Å². The van der Waals surface area contributed by atoms with E-state index in [1.165, 1.54) is 12.8 Å². The van der Waals surface area contributed by atoms with Gasteiger partial charge in [-0.15, -0.1) is 0 Å². The van der Waals surface area contributed by atoms with Crippen LogP contribution in [0.1, 0.15) is 59.4 Å². The minimum atomic E-state index is 0.0338. The van der Waals surface area contributed by atoms with E-state index in [1.807, 2.05) is 23.1 Å². The SMILES string of the molecule is COc1ccc([C@@H]2CCCN2C(=O)c2cc(C3CC3)[nH]n2)cc1. The molecule has 2 heterocycles. The molecule has 1 aromatic heterocycles. The third-order valence-corrected chi connectivity index (χ3v) is 4.85. The van der Waals surface area contributed by atoms with Crippen molar-refractivity contribution >= 4 is 5.91 Å². The third-order valence-electron chi connectivity index (χ3n) is 4.85. The minimum Gasteiger partial charge on any atom is -0.497 e. The minimum absolute atomic E-state index is 0.0338. The molecule has 1 aliphatic carbocycles. The number of hydrogen-bond acceptors (Lipinski definition) is 3. The summed E-state index contributed by atoms with van der Waals surface area (Å²) in [5.41, 5.74) is 2.82. The average molecular weight is 311 g/mol. The standard InChI is InChI=1S/C18H21N3O2/c1-23-14-8-6-13(7-9-14)17-3-2-10-21(17)18(22)16-11-15(19-20-16)12-4-5-12/h6-9,11-12,17H,2-5,10H2,1H3,(H,19,20)/t17-/m0/s1. The van der Waals surface area contributed by atoms with Crippen LogP contribution in [0.2, 0.25) is 0 Å². The third kappa shape index (κ3) is 2.71. The van der Waals surface area contributed by atoms with Crippen molar-refractivity contribution in [1.82, 2.24) is 15.1 Å². The van der Waals surface area contributed by atoms with Gasteiger partial charge in [0.2, 0.25) is 0 Å². The highest BCUT2D eigenvalue weighted by atomic mass is 16.5. The number of carbonyl (C=O) groups excluding carboxylic acids is 1. The van der Waals surface area contributed by atoms with E-state index in [4.69, 9.17) is 4.74 Å². The van der Waals surface area contributed by atoms with Crippen LogP contribution in [0.25, 0.3) is 0 Å². The number of methoxy groups -OCH3 is 1. The molecule has 1 amide bonds. The van der Waals surface area contributed by atoms with Gasteiger partial charge in [-0.25, -0.2) is 0 Å². The number of amides is 1. The Labute approximate surface area is 135 Å². The molecule has 2 aliphatic rings. The second-order valence-electron chi connectivity index (χ2n) is 6.41. The first-order chi connectivity index (χ1) is 11.3. The normalized spacial score (nSPS) is 20.7. The maximum atomic E-state index is 12.8. The summed E-state index contributed by atoms with van der Waals surface area (Å²) in [4.78, 5) is 14.8. The van der Waals surface area contributed by atoms with Gasteiger partial charge in [-0.2, -0.15) is 5.10 Å². The van der Waals surface area contributed by atoms with Crippen molar-refractivity contribution in [2.75, 3.05) is 13.7 Å². The van der Waals surface area contributed by atoms with Crippen molar-refractivity contribution in [2.24, 2.45) is 0 Å². The summed E-state index contributed by atoms with van der Waals surface area (Å²) in [6.07, 6.45) is 4.43. The van der Waals surface area contributed by atoms with E-state index < -0.39 is 0 Å². The first kappa shape index (κ1) is 14.3. The molecule has 120 valence electrons. The van der Waals surface area contributed by atoms with Gasteiger partial charge in [0.25, 0.3) is 5.91 Å². The zero-order chi connectivity index (χ0) is 15.8. The van der Waals surface area contributed by atoms with Crippen LogP contribution < -0.4 is 4.74 Å². The summed E-state index contributed by atoms with van der Waals surface area (Å²) >= 11 is 0. The predicted molar refractivity (Wildman–Crippen MR) is 86.6 cm³/mol. The number of H-pyrrole nitrogens is 1. The molecular formula is C18H21N3O2. The Morgan fingerprint density at radius 3 is 2.74 bits per heavy atom. The number of rotatable bonds is 4. The summed E-state index contributed by atoms with van der Waals surface area (Å²) in [5, 5.41) is 7.27. The van der Waals surface area contributed by atoms with Crippen LogP contribution in [0.5, 0.6) is 5.75 Å². The molecule has 2 aromatic rings. The number of carbonyl (C=O) groups is 1. The molecule has 0 radical (unpaired) electrons. The van der Waals surface area contributed by atoms with Gasteiger partial charge in [-0.05, 0) is 49.4 Å². The van der Waals surface area contributed by atoms with Gasteiger partial charge in [-0.1, -0.05) is 12.1 Å². The van der Waals surface area contributed by atoms with Crippen LogP contribution >= 0.6 is 0 Å². The van der Waals surface area contributed by atoms with Crippen LogP contribution in [-0.2, 0) is 0 Å².